The summed E-state index contributed by atoms with van der Waals surface area (Å²) in [6.45, 7) is 4.80. The Hall–Kier alpha value is -1.76. The second-order valence-corrected chi connectivity index (χ2v) is 6.40. The van der Waals surface area contributed by atoms with Gasteiger partial charge in [-0.05, 0) is 20.8 Å². The van der Waals surface area contributed by atoms with Gasteiger partial charge in [0.1, 0.15) is 35.6 Å². The number of ether oxygens (including phenoxy) is 2. The van der Waals surface area contributed by atoms with Gasteiger partial charge in [-0.3, -0.25) is 14.5 Å². The Morgan fingerprint density at radius 1 is 1.27 bits per heavy atom. The highest BCUT2D eigenvalue weighted by Gasteiger charge is 2.51. The smallest absolute Gasteiger partial charge is 0.412 e. The quantitative estimate of drug-likeness (QED) is 0.417. The molecule has 0 aromatic rings. The van der Waals surface area contributed by atoms with Crippen LogP contribution in [0.2, 0.25) is 0 Å². The third-order valence-corrected chi connectivity index (χ3v) is 3.48. The van der Waals surface area contributed by atoms with Crippen LogP contribution in [0.1, 0.15) is 40.0 Å². The Labute approximate surface area is 129 Å². The third-order valence-electron chi connectivity index (χ3n) is 3.48. The van der Waals surface area contributed by atoms with Gasteiger partial charge in [-0.2, -0.15) is 0 Å². The number of nitrogens with zero attached hydrogens (tertiary/aromatic N) is 1. The van der Waals surface area contributed by atoms with E-state index in [-0.39, 0.29) is 44.1 Å². The normalized spacial score (nSPS) is 17.5. The average Bonchev–Trinajstić information content (AvgIpc) is 2.65. The van der Waals surface area contributed by atoms with Crippen LogP contribution in [0.5, 0.6) is 0 Å². The molecule has 0 aliphatic heterocycles. The topological polar surface area (TPSA) is 90.0 Å². The molecular formula is C15H23NO6. The average molecular weight is 313 g/mol. The summed E-state index contributed by atoms with van der Waals surface area (Å²) in [7, 11) is 1.39. The van der Waals surface area contributed by atoms with Crippen molar-refractivity contribution in [2.24, 2.45) is 5.41 Å². The molecule has 0 saturated heterocycles. The maximum atomic E-state index is 12.2. The zero-order valence-electron chi connectivity index (χ0n) is 13.5. The monoisotopic (exact) mass is 313 g/mol. The Morgan fingerprint density at radius 3 is 2.23 bits per heavy atom. The van der Waals surface area contributed by atoms with E-state index in [1.165, 1.54) is 7.11 Å². The molecule has 1 rings (SSSR count). The minimum atomic E-state index is -1.46. The number of aldehydes is 1. The fourth-order valence-electron chi connectivity index (χ4n) is 2.44. The Morgan fingerprint density at radius 2 is 1.82 bits per heavy atom. The SMILES string of the molecule is COCN(CC1(CC=O)C(=O)CCC1=O)C(=O)OC(C)(C)C. The molecule has 1 fully saturated rings. The van der Waals surface area contributed by atoms with Crippen molar-refractivity contribution in [3.63, 3.8) is 0 Å². The van der Waals surface area contributed by atoms with E-state index in [0.717, 1.165) is 4.90 Å². The maximum Gasteiger partial charge on any atom is 0.412 e. The van der Waals surface area contributed by atoms with Crippen LogP contribution in [0.4, 0.5) is 4.79 Å². The largest absolute Gasteiger partial charge is 0.444 e. The third kappa shape index (κ3) is 4.13. The van der Waals surface area contributed by atoms with Crippen LogP contribution < -0.4 is 0 Å². The molecule has 7 nitrogen and oxygen atoms in total. The molecule has 0 atom stereocenters. The number of carbonyl (C=O) groups is 4. The maximum absolute atomic E-state index is 12.2. The van der Waals surface area contributed by atoms with Crippen molar-refractivity contribution in [1.29, 1.82) is 0 Å². The minimum absolute atomic E-state index is 0.0990. The summed E-state index contributed by atoms with van der Waals surface area (Å²) in [5.74, 6) is -0.622. The molecule has 0 bridgehead atoms. The van der Waals surface area contributed by atoms with E-state index < -0.39 is 17.1 Å². The summed E-state index contributed by atoms with van der Waals surface area (Å²) in [4.78, 5) is 48.6. The van der Waals surface area contributed by atoms with Crippen molar-refractivity contribution < 1.29 is 28.7 Å². The van der Waals surface area contributed by atoms with Crippen LogP contribution in [-0.4, -0.2) is 54.8 Å². The molecule has 0 unspecified atom stereocenters. The van der Waals surface area contributed by atoms with Gasteiger partial charge in [-0.25, -0.2) is 4.79 Å². The first-order valence-electron chi connectivity index (χ1n) is 7.13. The lowest BCUT2D eigenvalue weighted by Crippen LogP contribution is -2.49. The molecule has 0 aromatic heterocycles. The van der Waals surface area contributed by atoms with E-state index in [1.54, 1.807) is 20.8 Å². The molecule has 0 radical (unpaired) electrons. The van der Waals surface area contributed by atoms with Crippen molar-refractivity contribution >= 4 is 23.9 Å². The van der Waals surface area contributed by atoms with E-state index in [1.807, 2.05) is 0 Å². The summed E-state index contributed by atoms with van der Waals surface area (Å²) >= 11 is 0. The summed E-state index contributed by atoms with van der Waals surface area (Å²) in [6, 6.07) is 0. The molecule has 0 N–H and O–H groups in total. The molecule has 1 saturated carbocycles. The summed E-state index contributed by atoms with van der Waals surface area (Å²) in [5, 5.41) is 0. The predicted molar refractivity (Wildman–Crippen MR) is 77.2 cm³/mol. The summed E-state index contributed by atoms with van der Waals surface area (Å²) < 4.78 is 10.2. The zero-order valence-corrected chi connectivity index (χ0v) is 13.5. The number of carbonyl (C=O) groups excluding carboxylic acids is 4. The van der Waals surface area contributed by atoms with Gasteiger partial charge in [0, 0.05) is 32.9 Å². The zero-order chi connectivity index (χ0) is 17.0. The molecule has 1 aliphatic rings. The number of hydrogen-bond donors (Lipinski definition) is 0. The molecule has 0 heterocycles. The minimum Gasteiger partial charge on any atom is -0.444 e. The number of Topliss-reactive ketones (excluding diaryl/α,β-unsaturated/α-hetero) is 2. The number of amides is 1. The first-order chi connectivity index (χ1) is 10.2. The van der Waals surface area contributed by atoms with Crippen LogP contribution in [0.25, 0.3) is 0 Å². The fourth-order valence-corrected chi connectivity index (χ4v) is 2.44. The van der Waals surface area contributed by atoms with Crippen molar-refractivity contribution in [2.75, 3.05) is 20.4 Å². The number of methoxy groups -OCH3 is 1. The molecule has 1 aliphatic carbocycles. The molecule has 7 heteroatoms. The molecule has 22 heavy (non-hydrogen) atoms. The van der Waals surface area contributed by atoms with Crippen molar-refractivity contribution in [3.05, 3.63) is 0 Å². The van der Waals surface area contributed by atoms with Gasteiger partial charge in [0.25, 0.3) is 0 Å². The van der Waals surface area contributed by atoms with Crippen LogP contribution in [0, 0.1) is 5.41 Å². The van der Waals surface area contributed by atoms with Gasteiger partial charge in [-0.15, -0.1) is 0 Å². The van der Waals surface area contributed by atoms with Gasteiger partial charge in [0.05, 0.1) is 0 Å². The lowest BCUT2D eigenvalue weighted by molar-refractivity contribution is -0.139. The highest BCUT2D eigenvalue weighted by molar-refractivity contribution is 6.14. The van der Waals surface area contributed by atoms with E-state index in [0.29, 0.717) is 6.29 Å². The van der Waals surface area contributed by atoms with Crippen molar-refractivity contribution in [2.45, 2.75) is 45.6 Å². The summed E-state index contributed by atoms with van der Waals surface area (Å²) in [5.41, 5.74) is -2.18. The lowest BCUT2D eigenvalue weighted by Gasteiger charge is -2.32. The highest BCUT2D eigenvalue weighted by atomic mass is 16.6. The second kappa shape index (κ2) is 7.00. The molecule has 0 aromatic carbocycles. The van der Waals surface area contributed by atoms with Crippen molar-refractivity contribution in [3.8, 4) is 0 Å². The Balaban J connectivity index is 3.00. The van der Waals surface area contributed by atoms with Gasteiger partial charge < -0.3 is 14.3 Å². The highest BCUT2D eigenvalue weighted by Crippen LogP contribution is 2.35. The second-order valence-electron chi connectivity index (χ2n) is 6.40. The van der Waals surface area contributed by atoms with Crippen LogP contribution >= 0.6 is 0 Å². The van der Waals surface area contributed by atoms with E-state index in [4.69, 9.17) is 9.47 Å². The van der Waals surface area contributed by atoms with Gasteiger partial charge in [0.15, 0.2) is 0 Å². The number of hydrogen-bond acceptors (Lipinski definition) is 6. The first-order valence-corrected chi connectivity index (χ1v) is 7.13. The molecule has 1 amide bonds. The Bertz CT molecular complexity index is 449. The van der Waals surface area contributed by atoms with Crippen molar-refractivity contribution in [1.82, 2.24) is 4.90 Å². The predicted octanol–water partition coefficient (Wildman–Crippen LogP) is 1.33. The number of ketones is 2. The van der Waals surface area contributed by atoms with Gasteiger partial charge in [0.2, 0.25) is 0 Å². The molecule has 0 spiro atoms. The Kier molecular flexibility index (Phi) is 5.82. The number of rotatable bonds is 6. The summed E-state index contributed by atoms with van der Waals surface area (Å²) in [6.07, 6.45) is -0.175. The van der Waals surface area contributed by atoms with Crippen LogP contribution in [-0.2, 0) is 23.9 Å². The van der Waals surface area contributed by atoms with E-state index >= 15 is 0 Å². The van der Waals surface area contributed by atoms with Gasteiger partial charge >= 0.3 is 6.09 Å². The standard InChI is InChI=1S/C15H23NO6/c1-14(2,3)22-13(20)16(10-21-4)9-15(7-8-17)11(18)5-6-12(15)19/h8H,5-7,9-10H2,1-4H3. The van der Waals surface area contributed by atoms with Crippen LogP contribution in [0.3, 0.4) is 0 Å². The van der Waals surface area contributed by atoms with Gasteiger partial charge in [-0.1, -0.05) is 0 Å². The first kappa shape index (κ1) is 18.3. The molecular weight excluding hydrogens is 290 g/mol. The van der Waals surface area contributed by atoms with Crippen LogP contribution in [0.15, 0.2) is 0 Å². The van der Waals surface area contributed by atoms with E-state index in [2.05, 4.69) is 0 Å². The fraction of sp³-hybridized carbons (Fsp3) is 0.733. The van der Waals surface area contributed by atoms with E-state index in [9.17, 15) is 19.2 Å². The molecule has 124 valence electrons. The lowest BCUT2D eigenvalue weighted by atomic mass is 9.81.